The molecule has 0 fully saturated rings. The third-order valence-electron chi connectivity index (χ3n) is 6.28. The van der Waals surface area contributed by atoms with Crippen LogP contribution >= 0.6 is 0 Å². The van der Waals surface area contributed by atoms with E-state index in [1.54, 1.807) is 0 Å². The van der Waals surface area contributed by atoms with Crippen LogP contribution in [-0.2, 0) is 0 Å². The summed E-state index contributed by atoms with van der Waals surface area (Å²) in [5, 5.41) is 6.18. The van der Waals surface area contributed by atoms with Crippen LogP contribution in [0, 0.1) is 0 Å². The largest absolute Gasteiger partial charge is 0.360 e. The van der Waals surface area contributed by atoms with Gasteiger partial charge < -0.3 is 5.32 Å². The van der Waals surface area contributed by atoms with Gasteiger partial charge in [-0.1, -0.05) is 115 Å². The van der Waals surface area contributed by atoms with Crippen molar-refractivity contribution in [2.24, 2.45) is 4.99 Å². The molecule has 5 aromatic carbocycles. The summed E-state index contributed by atoms with van der Waals surface area (Å²) in [6.45, 7) is 0. The second-order valence-corrected chi connectivity index (χ2v) is 8.51. The van der Waals surface area contributed by atoms with Crippen LogP contribution in [0.2, 0.25) is 0 Å². The number of aliphatic imine (C=N–C) groups is 1. The van der Waals surface area contributed by atoms with Gasteiger partial charge in [-0.05, 0) is 56.8 Å². The summed E-state index contributed by atoms with van der Waals surface area (Å²) in [6.07, 6.45) is 2.02. The average Bonchev–Trinajstić information content (AvgIpc) is 2.93. The Labute approximate surface area is 199 Å². The Morgan fingerprint density at radius 2 is 1.18 bits per heavy atom. The highest BCUT2D eigenvalue weighted by Gasteiger charge is 2.20. The maximum absolute atomic E-state index is 5.07. The van der Waals surface area contributed by atoms with E-state index in [1.807, 2.05) is 12.1 Å². The number of hydrogen-bond acceptors (Lipinski definition) is 2. The van der Waals surface area contributed by atoms with Crippen LogP contribution in [0.25, 0.3) is 27.6 Å². The molecule has 0 bridgehead atoms. The van der Waals surface area contributed by atoms with E-state index in [-0.39, 0.29) is 6.17 Å². The molecule has 6 rings (SSSR count). The molecule has 1 aliphatic rings. The molecule has 0 radical (unpaired) electrons. The first-order valence-corrected chi connectivity index (χ1v) is 11.6. The summed E-state index contributed by atoms with van der Waals surface area (Å²) in [7, 11) is 0. The monoisotopic (exact) mass is 436 g/mol. The van der Waals surface area contributed by atoms with Gasteiger partial charge >= 0.3 is 0 Å². The lowest BCUT2D eigenvalue weighted by Crippen LogP contribution is -2.24. The highest BCUT2D eigenvalue weighted by Crippen LogP contribution is 2.34. The van der Waals surface area contributed by atoms with Crippen LogP contribution in [0.15, 0.2) is 138 Å². The van der Waals surface area contributed by atoms with E-state index in [0.29, 0.717) is 0 Å². The van der Waals surface area contributed by atoms with Gasteiger partial charge in [0.1, 0.15) is 6.17 Å². The summed E-state index contributed by atoms with van der Waals surface area (Å²) in [5.41, 5.74) is 7.92. The molecule has 5 aromatic rings. The summed E-state index contributed by atoms with van der Waals surface area (Å²) in [5.74, 6) is 0. The number of nitrogens with one attached hydrogen (secondary N) is 1. The van der Waals surface area contributed by atoms with Crippen LogP contribution in [0.4, 0.5) is 0 Å². The maximum atomic E-state index is 5.07. The maximum Gasteiger partial charge on any atom is 0.145 e. The van der Waals surface area contributed by atoms with Gasteiger partial charge in [0.15, 0.2) is 0 Å². The third-order valence-corrected chi connectivity index (χ3v) is 6.28. The minimum atomic E-state index is -0.150. The predicted molar refractivity (Wildman–Crippen MR) is 143 cm³/mol. The SMILES string of the molecule is C1=C(c2cc(-c3ccccc3)c3ccccc3c2)NC(c2ccccc2)N=C1c1ccccc1. The zero-order chi connectivity index (χ0) is 22.7. The van der Waals surface area contributed by atoms with Crippen LogP contribution in [0.1, 0.15) is 22.9 Å². The van der Waals surface area contributed by atoms with Crippen LogP contribution in [-0.4, -0.2) is 5.71 Å². The first-order chi connectivity index (χ1) is 16.8. The fourth-order valence-corrected chi connectivity index (χ4v) is 4.58. The van der Waals surface area contributed by atoms with Crippen LogP contribution in [0.5, 0.6) is 0 Å². The second kappa shape index (κ2) is 8.84. The molecule has 0 spiro atoms. The Bertz CT molecular complexity index is 1500. The second-order valence-electron chi connectivity index (χ2n) is 8.51. The first-order valence-electron chi connectivity index (χ1n) is 11.6. The Morgan fingerprint density at radius 3 is 1.91 bits per heavy atom. The molecule has 0 aliphatic carbocycles. The highest BCUT2D eigenvalue weighted by molar-refractivity contribution is 6.13. The van der Waals surface area contributed by atoms with Gasteiger partial charge in [-0.15, -0.1) is 0 Å². The molecule has 0 aromatic heterocycles. The smallest absolute Gasteiger partial charge is 0.145 e. The molecule has 1 N–H and O–H groups in total. The van der Waals surface area contributed by atoms with Gasteiger partial charge in [0.05, 0.1) is 5.71 Å². The molecule has 1 aliphatic heterocycles. The summed E-state index contributed by atoms with van der Waals surface area (Å²) in [4.78, 5) is 5.07. The fraction of sp³-hybridized carbons (Fsp3) is 0.0312. The third kappa shape index (κ3) is 3.91. The van der Waals surface area contributed by atoms with Crippen molar-refractivity contribution in [1.82, 2.24) is 5.32 Å². The quantitative estimate of drug-likeness (QED) is 0.308. The number of nitrogens with zero attached hydrogens (tertiary/aromatic N) is 1. The van der Waals surface area contributed by atoms with Crippen molar-refractivity contribution >= 4 is 22.2 Å². The van der Waals surface area contributed by atoms with Gasteiger partial charge in [0, 0.05) is 5.70 Å². The molecule has 1 heterocycles. The van der Waals surface area contributed by atoms with E-state index in [1.165, 1.54) is 21.9 Å². The van der Waals surface area contributed by atoms with E-state index in [9.17, 15) is 0 Å². The predicted octanol–water partition coefficient (Wildman–Crippen LogP) is 7.64. The molecule has 162 valence electrons. The Kier molecular flexibility index (Phi) is 5.25. The molecule has 2 heteroatoms. The van der Waals surface area contributed by atoms with Crippen molar-refractivity contribution < 1.29 is 0 Å². The Balaban J connectivity index is 1.52. The van der Waals surface area contributed by atoms with E-state index in [4.69, 9.17) is 4.99 Å². The van der Waals surface area contributed by atoms with Gasteiger partial charge in [0.25, 0.3) is 0 Å². The molecule has 34 heavy (non-hydrogen) atoms. The van der Waals surface area contributed by atoms with Crippen LogP contribution < -0.4 is 5.32 Å². The highest BCUT2D eigenvalue weighted by atomic mass is 15.1. The first kappa shape index (κ1) is 20.2. The standard InChI is InChI=1S/C32H24N2/c1-4-12-23(13-5-1)29-21-27(20-26-18-10-11-19-28(26)29)31-22-30(24-14-6-2-7-15-24)33-32(34-31)25-16-8-3-9-17-25/h1-22,32,34H. The normalized spacial score (nSPS) is 15.4. The fourth-order valence-electron chi connectivity index (χ4n) is 4.58. The zero-order valence-corrected chi connectivity index (χ0v) is 18.7. The molecule has 2 nitrogen and oxygen atoms in total. The van der Waals surface area contributed by atoms with Gasteiger partial charge in [-0.3, -0.25) is 4.99 Å². The van der Waals surface area contributed by atoms with Crippen molar-refractivity contribution in [3.63, 3.8) is 0 Å². The number of fused-ring (bicyclic) bond motifs is 1. The van der Waals surface area contributed by atoms with Gasteiger partial charge in [0.2, 0.25) is 0 Å². The lowest BCUT2D eigenvalue weighted by atomic mass is 9.93. The van der Waals surface area contributed by atoms with Crippen LogP contribution in [0.3, 0.4) is 0 Å². The van der Waals surface area contributed by atoms with Gasteiger partial charge in [-0.25, -0.2) is 0 Å². The lowest BCUT2D eigenvalue weighted by Gasteiger charge is -2.25. The number of benzene rings is 5. The minimum absolute atomic E-state index is 0.150. The van der Waals surface area contributed by atoms with Crippen molar-refractivity contribution in [3.05, 3.63) is 150 Å². The molecule has 1 unspecified atom stereocenters. The van der Waals surface area contributed by atoms with Crippen molar-refractivity contribution in [3.8, 4) is 11.1 Å². The molecular weight excluding hydrogens is 412 g/mol. The topological polar surface area (TPSA) is 24.4 Å². The van der Waals surface area contributed by atoms with E-state index >= 15 is 0 Å². The molecule has 0 saturated heterocycles. The van der Waals surface area contributed by atoms with Crippen molar-refractivity contribution in [2.75, 3.05) is 0 Å². The molecular formula is C32H24N2. The lowest BCUT2D eigenvalue weighted by molar-refractivity contribution is 0.664. The van der Waals surface area contributed by atoms with E-state index < -0.39 is 0 Å². The minimum Gasteiger partial charge on any atom is -0.360 e. The Morgan fingerprint density at radius 1 is 0.559 bits per heavy atom. The molecule has 0 saturated carbocycles. The Hall–Kier alpha value is -4.43. The van der Waals surface area contributed by atoms with E-state index in [0.717, 1.165) is 28.1 Å². The summed E-state index contributed by atoms with van der Waals surface area (Å²) in [6, 6.07) is 44.6. The number of hydrogen-bond donors (Lipinski definition) is 1. The van der Waals surface area contributed by atoms with E-state index in [2.05, 4.69) is 127 Å². The number of allylic oxidation sites excluding steroid dienone is 1. The summed E-state index contributed by atoms with van der Waals surface area (Å²) >= 11 is 0. The number of rotatable bonds is 4. The average molecular weight is 437 g/mol. The van der Waals surface area contributed by atoms with Crippen molar-refractivity contribution in [2.45, 2.75) is 6.17 Å². The van der Waals surface area contributed by atoms with Crippen molar-refractivity contribution in [1.29, 1.82) is 0 Å². The zero-order valence-electron chi connectivity index (χ0n) is 18.7. The van der Waals surface area contributed by atoms with Gasteiger partial charge in [-0.2, -0.15) is 0 Å². The molecule has 0 amide bonds. The summed E-state index contributed by atoms with van der Waals surface area (Å²) < 4.78 is 0. The molecule has 1 atom stereocenters.